The molecule has 0 saturated carbocycles. The highest BCUT2D eigenvalue weighted by Crippen LogP contribution is 2.35. The van der Waals surface area contributed by atoms with Gasteiger partial charge in [-0.25, -0.2) is 4.98 Å². The van der Waals surface area contributed by atoms with Gasteiger partial charge in [0, 0.05) is 16.5 Å². The van der Waals surface area contributed by atoms with Crippen molar-refractivity contribution in [3.8, 4) is 22.4 Å². The molecular formula is C32H22N2. The van der Waals surface area contributed by atoms with Crippen molar-refractivity contribution >= 4 is 33.4 Å². The van der Waals surface area contributed by atoms with Gasteiger partial charge in [-0.05, 0) is 33.9 Å². The number of aromatic nitrogens is 1. The molecule has 160 valence electrons. The van der Waals surface area contributed by atoms with E-state index in [2.05, 4.69) is 103 Å². The van der Waals surface area contributed by atoms with Crippen LogP contribution < -0.4 is 0 Å². The van der Waals surface area contributed by atoms with Crippen LogP contribution in [0.3, 0.4) is 0 Å². The molecule has 0 saturated heterocycles. The Morgan fingerprint density at radius 3 is 2.06 bits per heavy atom. The minimum atomic E-state index is 0.838. The van der Waals surface area contributed by atoms with Crippen molar-refractivity contribution in [2.24, 2.45) is 4.99 Å². The van der Waals surface area contributed by atoms with Crippen molar-refractivity contribution in [3.63, 3.8) is 0 Å². The SMILES string of the molecule is C(=Nc1ccccc1-c1cccc2ccccc12)c1cc2ccccc2c(-c2ccccc2)n1. The third-order valence-corrected chi connectivity index (χ3v) is 6.13. The average Bonchev–Trinajstić information content (AvgIpc) is 2.92. The number of para-hydroxylation sites is 1. The second-order valence-corrected chi connectivity index (χ2v) is 8.28. The number of fused-ring (bicyclic) bond motifs is 2. The highest BCUT2D eigenvalue weighted by molar-refractivity contribution is 6.01. The summed E-state index contributed by atoms with van der Waals surface area (Å²) in [5.74, 6) is 0. The Bertz CT molecular complexity index is 1640. The van der Waals surface area contributed by atoms with Gasteiger partial charge in [-0.2, -0.15) is 0 Å². The van der Waals surface area contributed by atoms with Crippen molar-refractivity contribution in [3.05, 3.63) is 133 Å². The standard InChI is InChI=1S/C32H22N2/c1-2-12-24(13-3-1)32-28-17-7-5-14-25(28)21-26(34-32)22-33-31-20-9-8-18-30(31)29-19-10-15-23-11-4-6-16-27(23)29/h1-22H. The number of benzene rings is 5. The predicted molar refractivity (Wildman–Crippen MR) is 144 cm³/mol. The van der Waals surface area contributed by atoms with Crippen LogP contribution in [0.4, 0.5) is 5.69 Å². The summed E-state index contributed by atoms with van der Waals surface area (Å²) in [5, 5.41) is 4.74. The maximum atomic E-state index is 4.99. The van der Waals surface area contributed by atoms with Crippen molar-refractivity contribution in [1.29, 1.82) is 0 Å². The molecule has 0 bridgehead atoms. The van der Waals surface area contributed by atoms with E-state index in [1.54, 1.807) is 0 Å². The van der Waals surface area contributed by atoms with E-state index in [1.807, 2.05) is 30.5 Å². The minimum absolute atomic E-state index is 0.838. The van der Waals surface area contributed by atoms with E-state index in [0.29, 0.717) is 0 Å². The highest BCUT2D eigenvalue weighted by Gasteiger charge is 2.09. The predicted octanol–water partition coefficient (Wildman–Crippen LogP) is 8.47. The van der Waals surface area contributed by atoms with Gasteiger partial charge in [0.15, 0.2) is 0 Å². The van der Waals surface area contributed by atoms with Crippen LogP contribution in [0.25, 0.3) is 43.9 Å². The zero-order valence-corrected chi connectivity index (χ0v) is 18.6. The number of aliphatic imine (C=N–C) groups is 1. The molecular weight excluding hydrogens is 412 g/mol. The van der Waals surface area contributed by atoms with Gasteiger partial charge < -0.3 is 0 Å². The van der Waals surface area contributed by atoms with Crippen molar-refractivity contribution in [2.45, 2.75) is 0 Å². The Hall–Kier alpha value is -4.56. The molecule has 0 atom stereocenters. The van der Waals surface area contributed by atoms with Gasteiger partial charge in [0.25, 0.3) is 0 Å². The molecule has 34 heavy (non-hydrogen) atoms. The fourth-order valence-corrected chi connectivity index (χ4v) is 4.51. The zero-order chi connectivity index (χ0) is 22.7. The first-order valence-electron chi connectivity index (χ1n) is 11.4. The van der Waals surface area contributed by atoms with E-state index >= 15 is 0 Å². The zero-order valence-electron chi connectivity index (χ0n) is 18.6. The molecule has 2 heteroatoms. The fraction of sp³-hybridized carbons (Fsp3) is 0. The Labute approximate surface area is 198 Å². The third-order valence-electron chi connectivity index (χ3n) is 6.13. The Balaban J connectivity index is 1.47. The summed E-state index contributed by atoms with van der Waals surface area (Å²) >= 11 is 0. The molecule has 0 aliphatic carbocycles. The Morgan fingerprint density at radius 1 is 0.529 bits per heavy atom. The number of hydrogen-bond donors (Lipinski definition) is 0. The van der Waals surface area contributed by atoms with Crippen molar-refractivity contribution < 1.29 is 0 Å². The van der Waals surface area contributed by atoms with E-state index in [1.165, 1.54) is 16.3 Å². The summed E-state index contributed by atoms with van der Waals surface area (Å²) in [6, 6.07) is 44.0. The number of hydrogen-bond acceptors (Lipinski definition) is 2. The molecule has 0 N–H and O–H groups in total. The summed E-state index contributed by atoms with van der Waals surface area (Å²) in [5.41, 5.74) is 6.13. The van der Waals surface area contributed by atoms with Gasteiger partial charge in [0.2, 0.25) is 0 Å². The first kappa shape index (κ1) is 20.1. The van der Waals surface area contributed by atoms with E-state index < -0.39 is 0 Å². The molecule has 0 fully saturated rings. The van der Waals surface area contributed by atoms with Gasteiger partial charge in [-0.1, -0.05) is 115 Å². The Morgan fingerprint density at radius 2 is 1.18 bits per heavy atom. The molecule has 0 spiro atoms. The molecule has 1 aromatic heterocycles. The van der Waals surface area contributed by atoms with Crippen LogP contribution >= 0.6 is 0 Å². The third kappa shape index (κ3) is 3.76. The summed E-state index contributed by atoms with van der Waals surface area (Å²) < 4.78 is 0. The van der Waals surface area contributed by atoms with Crippen LogP contribution in [0, 0.1) is 0 Å². The lowest BCUT2D eigenvalue weighted by atomic mass is 9.97. The van der Waals surface area contributed by atoms with Crippen LogP contribution in [-0.4, -0.2) is 11.2 Å². The molecule has 2 nitrogen and oxygen atoms in total. The van der Waals surface area contributed by atoms with Gasteiger partial charge in [-0.3, -0.25) is 4.99 Å². The lowest BCUT2D eigenvalue weighted by Gasteiger charge is -2.10. The normalized spacial score (nSPS) is 11.4. The monoisotopic (exact) mass is 434 g/mol. The first-order valence-corrected chi connectivity index (χ1v) is 11.4. The molecule has 5 aromatic carbocycles. The number of pyridine rings is 1. The summed E-state index contributed by atoms with van der Waals surface area (Å²) in [6.07, 6.45) is 1.88. The van der Waals surface area contributed by atoms with Crippen LogP contribution in [0.1, 0.15) is 5.69 Å². The average molecular weight is 435 g/mol. The second-order valence-electron chi connectivity index (χ2n) is 8.28. The lowest BCUT2D eigenvalue weighted by Crippen LogP contribution is -1.93. The number of nitrogens with zero attached hydrogens (tertiary/aromatic N) is 2. The number of rotatable bonds is 4. The fourth-order valence-electron chi connectivity index (χ4n) is 4.51. The van der Waals surface area contributed by atoms with E-state index in [0.717, 1.165) is 39.0 Å². The van der Waals surface area contributed by atoms with Gasteiger partial charge in [-0.15, -0.1) is 0 Å². The molecule has 1 heterocycles. The quantitative estimate of drug-likeness (QED) is 0.255. The topological polar surface area (TPSA) is 25.2 Å². The molecule has 0 radical (unpaired) electrons. The maximum Gasteiger partial charge on any atom is 0.0826 e. The lowest BCUT2D eigenvalue weighted by molar-refractivity contribution is 1.33. The van der Waals surface area contributed by atoms with E-state index in [4.69, 9.17) is 9.98 Å². The van der Waals surface area contributed by atoms with E-state index in [-0.39, 0.29) is 0 Å². The first-order chi connectivity index (χ1) is 16.9. The van der Waals surface area contributed by atoms with Crippen LogP contribution in [-0.2, 0) is 0 Å². The molecule has 0 aliphatic rings. The molecule has 0 amide bonds. The van der Waals surface area contributed by atoms with Gasteiger partial charge >= 0.3 is 0 Å². The summed E-state index contributed by atoms with van der Waals surface area (Å²) in [6.45, 7) is 0. The summed E-state index contributed by atoms with van der Waals surface area (Å²) in [7, 11) is 0. The molecule has 6 rings (SSSR count). The van der Waals surface area contributed by atoms with Crippen molar-refractivity contribution in [2.75, 3.05) is 0 Å². The summed E-state index contributed by atoms with van der Waals surface area (Å²) in [4.78, 5) is 9.90. The van der Waals surface area contributed by atoms with Crippen LogP contribution in [0.15, 0.2) is 132 Å². The largest absolute Gasteiger partial charge is 0.254 e. The van der Waals surface area contributed by atoms with Gasteiger partial charge in [0.1, 0.15) is 0 Å². The maximum absolute atomic E-state index is 4.99. The van der Waals surface area contributed by atoms with Crippen molar-refractivity contribution in [1.82, 2.24) is 4.98 Å². The van der Waals surface area contributed by atoms with Crippen LogP contribution in [0.2, 0.25) is 0 Å². The smallest absolute Gasteiger partial charge is 0.0826 e. The second kappa shape index (κ2) is 8.76. The van der Waals surface area contributed by atoms with Gasteiger partial charge in [0.05, 0.1) is 23.3 Å². The molecule has 0 aliphatic heterocycles. The van der Waals surface area contributed by atoms with Crippen LogP contribution in [0.5, 0.6) is 0 Å². The van der Waals surface area contributed by atoms with E-state index in [9.17, 15) is 0 Å². The molecule has 6 aromatic rings. The minimum Gasteiger partial charge on any atom is -0.254 e. The Kier molecular flexibility index (Phi) is 5.17. The highest BCUT2D eigenvalue weighted by atomic mass is 14.8. The molecule has 0 unspecified atom stereocenters.